The van der Waals surface area contributed by atoms with Crippen molar-refractivity contribution in [2.45, 2.75) is 38.3 Å². The van der Waals surface area contributed by atoms with Gasteiger partial charge in [-0.3, -0.25) is 4.68 Å². The van der Waals surface area contributed by atoms with Gasteiger partial charge in [0.05, 0.1) is 6.20 Å². The highest BCUT2D eigenvalue weighted by Crippen LogP contribution is 2.18. The third-order valence-corrected chi connectivity index (χ3v) is 3.86. The number of aryl methyl sites for hydroxylation is 1. The average molecular weight is 255 g/mol. The molecule has 2 aromatic rings. The first-order chi connectivity index (χ1) is 9.42. The Bertz CT molecular complexity index is 498. The fourth-order valence-electron chi connectivity index (χ4n) is 2.72. The van der Waals surface area contributed by atoms with E-state index in [1.165, 1.54) is 43.4 Å². The van der Waals surface area contributed by atoms with Crippen LogP contribution in [0.25, 0.3) is 11.1 Å². The van der Waals surface area contributed by atoms with E-state index in [0.717, 1.165) is 6.54 Å². The Morgan fingerprint density at radius 2 is 2.05 bits per heavy atom. The summed E-state index contributed by atoms with van der Waals surface area (Å²) in [6.07, 6.45) is 9.30. The first-order valence-electron chi connectivity index (χ1n) is 7.23. The number of hydrogen-bond acceptors (Lipinski definition) is 2. The standard InChI is InChI=1S/C16H21N3/c1-2-6-14(7-3-1)15-12-18-19(13-15)11-9-16-8-4-5-10-17-16/h1-3,6-7,12-13,16-17H,4-5,8-11H2. The summed E-state index contributed by atoms with van der Waals surface area (Å²) < 4.78 is 2.07. The Hall–Kier alpha value is -1.61. The van der Waals surface area contributed by atoms with E-state index < -0.39 is 0 Å². The Balaban J connectivity index is 1.59. The molecule has 1 unspecified atom stereocenters. The van der Waals surface area contributed by atoms with Gasteiger partial charge in [0, 0.05) is 24.3 Å². The van der Waals surface area contributed by atoms with Gasteiger partial charge < -0.3 is 5.32 Å². The van der Waals surface area contributed by atoms with Crippen LogP contribution in [0.3, 0.4) is 0 Å². The summed E-state index contributed by atoms with van der Waals surface area (Å²) >= 11 is 0. The molecule has 3 nitrogen and oxygen atoms in total. The molecule has 2 heterocycles. The molecule has 1 saturated heterocycles. The van der Waals surface area contributed by atoms with Crippen LogP contribution in [0, 0.1) is 0 Å². The lowest BCUT2D eigenvalue weighted by molar-refractivity contribution is 0.360. The van der Waals surface area contributed by atoms with Crippen molar-refractivity contribution in [2.24, 2.45) is 0 Å². The topological polar surface area (TPSA) is 29.9 Å². The fourth-order valence-corrected chi connectivity index (χ4v) is 2.72. The quantitative estimate of drug-likeness (QED) is 0.910. The summed E-state index contributed by atoms with van der Waals surface area (Å²) in [5, 5.41) is 8.05. The molecule has 1 aliphatic heterocycles. The molecule has 100 valence electrons. The number of rotatable bonds is 4. The molecule has 1 aliphatic rings. The van der Waals surface area contributed by atoms with E-state index in [0.29, 0.717) is 6.04 Å². The fraction of sp³-hybridized carbons (Fsp3) is 0.438. The van der Waals surface area contributed by atoms with Crippen LogP contribution in [-0.2, 0) is 6.54 Å². The van der Waals surface area contributed by atoms with Gasteiger partial charge in [-0.1, -0.05) is 36.8 Å². The van der Waals surface area contributed by atoms with E-state index in [1.54, 1.807) is 0 Å². The van der Waals surface area contributed by atoms with Crippen LogP contribution in [0.2, 0.25) is 0 Å². The molecule has 1 aromatic carbocycles. The van der Waals surface area contributed by atoms with E-state index in [2.05, 4.69) is 45.6 Å². The Kier molecular flexibility index (Phi) is 3.94. The highest BCUT2D eigenvalue weighted by molar-refractivity contribution is 5.61. The van der Waals surface area contributed by atoms with Crippen molar-refractivity contribution < 1.29 is 0 Å². The maximum Gasteiger partial charge on any atom is 0.0568 e. The van der Waals surface area contributed by atoms with Gasteiger partial charge in [0.25, 0.3) is 0 Å². The van der Waals surface area contributed by atoms with Crippen molar-refractivity contribution in [1.82, 2.24) is 15.1 Å². The lowest BCUT2D eigenvalue weighted by Gasteiger charge is -2.23. The minimum Gasteiger partial charge on any atom is -0.314 e. The largest absolute Gasteiger partial charge is 0.314 e. The molecule has 0 spiro atoms. The van der Waals surface area contributed by atoms with Crippen LogP contribution in [0.1, 0.15) is 25.7 Å². The molecule has 19 heavy (non-hydrogen) atoms. The molecule has 0 amide bonds. The highest BCUT2D eigenvalue weighted by atomic mass is 15.3. The zero-order valence-corrected chi connectivity index (χ0v) is 11.3. The first kappa shape index (κ1) is 12.4. The molecule has 0 saturated carbocycles. The second-order valence-electron chi connectivity index (χ2n) is 5.29. The van der Waals surface area contributed by atoms with Crippen LogP contribution >= 0.6 is 0 Å². The van der Waals surface area contributed by atoms with Gasteiger partial charge in [0.1, 0.15) is 0 Å². The van der Waals surface area contributed by atoms with Gasteiger partial charge in [-0.15, -0.1) is 0 Å². The first-order valence-corrected chi connectivity index (χ1v) is 7.23. The van der Waals surface area contributed by atoms with Crippen molar-refractivity contribution in [3.8, 4) is 11.1 Å². The number of aromatic nitrogens is 2. The van der Waals surface area contributed by atoms with Crippen LogP contribution in [-0.4, -0.2) is 22.4 Å². The maximum atomic E-state index is 4.47. The van der Waals surface area contributed by atoms with Crippen molar-refractivity contribution in [1.29, 1.82) is 0 Å². The normalized spacial score (nSPS) is 19.5. The number of piperidine rings is 1. The molecule has 3 rings (SSSR count). The molecule has 1 aromatic heterocycles. The minimum atomic E-state index is 0.679. The van der Waals surface area contributed by atoms with E-state index in [1.807, 2.05) is 12.3 Å². The Labute approximate surface area is 114 Å². The van der Waals surface area contributed by atoms with Crippen LogP contribution in [0.4, 0.5) is 0 Å². The predicted molar refractivity (Wildman–Crippen MR) is 77.9 cm³/mol. The molecular weight excluding hydrogens is 234 g/mol. The average Bonchev–Trinajstić information content (AvgIpc) is 2.96. The number of benzene rings is 1. The van der Waals surface area contributed by atoms with E-state index >= 15 is 0 Å². The summed E-state index contributed by atoms with van der Waals surface area (Å²) in [6, 6.07) is 11.1. The number of nitrogens with zero attached hydrogens (tertiary/aromatic N) is 2. The molecule has 0 radical (unpaired) electrons. The molecule has 1 N–H and O–H groups in total. The Morgan fingerprint density at radius 3 is 2.84 bits per heavy atom. The summed E-state index contributed by atoms with van der Waals surface area (Å²) in [5.41, 5.74) is 2.45. The van der Waals surface area contributed by atoms with E-state index in [-0.39, 0.29) is 0 Å². The van der Waals surface area contributed by atoms with Gasteiger partial charge in [0.15, 0.2) is 0 Å². The van der Waals surface area contributed by atoms with E-state index in [4.69, 9.17) is 0 Å². The monoisotopic (exact) mass is 255 g/mol. The third-order valence-electron chi connectivity index (χ3n) is 3.86. The summed E-state index contributed by atoms with van der Waals surface area (Å²) in [4.78, 5) is 0. The van der Waals surface area contributed by atoms with Gasteiger partial charge >= 0.3 is 0 Å². The van der Waals surface area contributed by atoms with Gasteiger partial charge in [-0.05, 0) is 31.4 Å². The summed E-state index contributed by atoms with van der Waals surface area (Å²) in [6.45, 7) is 2.18. The van der Waals surface area contributed by atoms with Gasteiger partial charge in [-0.25, -0.2) is 0 Å². The smallest absolute Gasteiger partial charge is 0.0568 e. The molecule has 3 heteroatoms. The SMILES string of the molecule is c1ccc(-c2cnn(CCC3CCCCN3)c2)cc1. The predicted octanol–water partition coefficient (Wildman–Crippen LogP) is 3.08. The molecule has 1 atom stereocenters. The zero-order valence-electron chi connectivity index (χ0n) is 11.3. The summed E-state index contributed by atoms with van der Waals surface area (Å²) in [7, 11) is 0. The lowest BCUT2D eigenvalue weighted by atomic mass is 10.0. The van der Waals surface area contributed by atoms with Gasteiger partial charge in [0.2, 0.25) is 0 Å². The van der Waals surface area contributed by atoms with Crippen molar-refractivity contribution in [3.05, 3.63) is 42.7 Å². The van der Waals surface area contributed by atoms with Crippen LogP contribution < -0.4 is 5.32 Å². The molecule has 1 fully saturated rings. The highest BCUT2D eigenvalue weighted by Gasteiger charge is 2.12. The summed E-state index contributed by atoms with van der Waals surface area (Å²) in [5.74, 6) is 0. The number of nitrogens with one attached hydrogen (secondary N) is 1. The van der Waals surface area contributed by atoms with Crippen molar-refractivity contribution in [2.75, 3.05) is 6.54 Å². The van der Waals surface area contributed by atoms with E-state index in [9.17, 15) is 0 Å². The second kappa shape index (κ2) is 6.02. The zero-order chi connectivity index (χ0) is 12.9. The van der Waals surface area contributed by atoms with Crippen molar-refractivity contribution in [3.63, 3.8) is 0 Å². The number of hydrogen-bond donors (Lipinski definition) is 1. The van der Waals surface area contributed by atoms with Crippen molar-refractivity contribution >= 4 is 0 Å². The van der Waals surface area contributed by atoms with Gasteiger partial charge in [-0.2, -0.15) is 5.10 Å². The minimum absolute atomic E-state index is 0.679. The maximum absolute atomic E-state index is 4.47. The Morgan fingerprint density at radius 1 is 1.16 bits per heavy atom. The van der Waals surface area contributed by atoms with Crippen LogP contribution in [0.15, 0.2) is 42.7 Å². The molecular formula is C16H21N3. The lowest BCUT2D eigenvalue weighted by Crippen LogP contribution is -2.34. The third kappa shape index (κ3) is 3.24. The molecule has 0 bridgehead atoms. The molecule has 0 aliphatic carbocycles. The van der Waals surface area contributed by atoms with Crippen LogP contribution in [0.5, 0.6) is 0 Å². The second-order valence-corrected chi connectivity index (χ2v) is 5.29.